The Morgan fingerprint density at radius 3 is 2.85 bits per heavy atom. The molecule has 1 aromatic heterocycles. The van der Waals surface area contributed by atoms with E-state index in [0.717, 1.165) is 0 Å². The van der Waals surface area contributed by atoms with Gasteiger partial charge in [0.2, 0.25) is 0 Å². The maximum atomic E-state index is 10.9. The SMILES string of the molecule is N#Cc1cc(Br)c2[nH]c(=O)[nH]c2c1. The molecule has 0 aliphatic carbocycles. The fourth-order valence-electron chi connectivity index (χ4n) is 1.16. The van der Waals surface area contributed by atoms with Crippen LogP contribution in [0.5, 0.6) is 0 Å². The van der Waals surface area contributed by atoms with E-state index in [1.807, 2.05) is 6.07 Å². The zero-order valence-corrected chi connectivity index (χ0v) is 7.97. The van der Waals surface area contributed by atoms with Gasteiger partial charge in [0.25, 0.3) is 0 Å². The quantitative estimate of drug-likeness (QED) is 0.729. The first-order valence-corrected chi connectivity index (χ1v) is 4.31. The number of rotatable bonds is 0. The van der Waals surface area contributed by atoms with Crippen LogP contribution in [0.3, 0.4) is 0 Å². The number of hydrogen-bond acceptors (Lipinski definition) is 2. The van der Waals surface area contributed by atoms with Crippen LogP contribution >= 0.6 is 15.9 Å². The fourth-order valence-corrected chi connectivity index (χ4v) is 1.72. The topological polar surface area (TPSA) is 72.4 Å². The number of benzene rings is 1. The van der Waals surface area contributed by atoms with Gasteiger partial charge in [0.15, 0.2) is 0 Å². The largest absolute Gasteiger partial charge is 0.323 e. The van der Waals surface area contributed by atoms with Gasteiger partial charge in [-0.3, -0.25) is 0 Å². The molecular formula is C8H4BrN3O. The second kappa shape index (κ2) is 2.75. The third-order valence-corrected chi connectivity index (χ3v) is 2.33. The third-order valence-electron chi connectivity index (χ3n) is 1.71. The molecule has 2 rings (SSSR count). The number of aromatic amines is 2. The van der Waals surface area contributed by atoms with Crippen molar-refractivity contribution in [1.29, 1.82) is 5.26 Å². The monoisotopic (exact) mass is 237 g/mol. The zero-order valence-electron chi connectivity index (χ0n) is 6.39. The molecule has 13 heavy (non-hydrogen) atoms. The minimum Gasteiger partial charge on any atom is -0.306 e. The lowest BCUT2D eigenvalue weighted by Gasteiger charge is -1.93. The number of aromatic nitrogens is 2. The highest BCUT2D eigenvalue weighted by Gasteiger charge is 2.04. The number of nitriles is 1. The lowest BCUT2D eigenvalue weighted by Crippen LogP contribution is -1.99. The molecule has 0 saturated carbocycles. The molecule has 0 spiro atoms. The van der Waals surface area contributed by atoms with Crippen molar-refractivity contribution in [3.8, 4) is 6.07 Å². The first kappa shape index (κ1) is 8.08. The van der Waals surface area contributed by atoms with Crippen molar-refractivity contribution < 1.29 is 0 Å². The van der Waals surface area contributed by atoms with Crippen molar-refractivity contribution >= 4 is 27.0 Å². The Labute approximate surface area is 81.3 Å². The normalized spacial score (nSPS) is 10.2. The van der Waals surface area contributed by atoms with Crippen LogP contribution < -0.4 is 5.69 Å². The van der Waals surface area contributed by atoms with E-state index >= 15 is 0 Å². The minimum atomic E-state index is -0.272. The molecule has 0 atom stereocenters. The van der Waals surface area contributed by atoms with Crippen LogP contribution in [0.2, 0.25) is 0 Å². The average molecular weight is 238 g/mol. The summed E-state index contributed by atoms with van der Waals surface area (Å²) in [7, 11) is 0. The number of nitrogens with zero attached hydrogens (tertiary/aromatic N) is 1. The molecular weight excluding hydrogens is 234 g/mol. The number of imidazole rings is 1. The number of hydrogen-bond donors (Lipinski definition) is 2. The Bertz CT molecular complexity index is 561. The van der Waals surface area contributed by atoms with Gasteiger partial charge in [-0.1, -0.05) is 0 Å². The Hall–Kier alpha value is -1.54. The highest BCUT2D eigenvalue weighted by molar-refractivity contribution is 9.10. The predicted octanol–water partition coefficient (Wildman–Crippen LogP) is 1.49. The van der Waals surface area contributed by atoms with E-state index in [1.54, 1.807) is 12.1 Å². The van der Waals surface area contributed by atoms with E-state index in [9.17, 15) is 4.79 Å². The van der Waals surface area contributed by atoms with Crippen molar-refractivity contribution in [3.63, 3.8) is 0 Å². The van der Waals surface area contributed by atoms with Gasteiger partial charge in [0, 0.05) is 4.47 Å². The molecule has 0 radical (unpaired) electrons. The Kier molecular flexibility index (Phi) is 1.71. The van der Waals surface area contributed by atoms with E-state index in [2.05, 4.69) is 25.9 Å². The van der Waals surface area contributed by atoms with E-state index in [0.29, 0.717) is 21.1 Å². The molecule has 64 valence electrons. The van der Waals surface area contributed by atoms with Crippen LogP contribution in [-0.2, 0) is 0 Å². The summed E-state index contributed by atoms with van der Waals surface area (Å²) in [5.74, 6) is 0. The number of halogens is 1. The molecule has 1 aromatic carbocycles. The molecule has 0 aliphatic heterocycles. The van der Waals surface area contributed by atoms with Crippen LogP contribution in [-0.4, -0.2) is 9.97 Å². The summed E-state index contributed by atoms with van der Waals surface area (Å²) in [6.45, 7) is 0. The summed E-state index contributed by atoms with van der Waals surface area (Å²) < 4.78 is 0.708. The zero-order chi connectivity index (χ0) is 9.42. The van der Waals surface area contributed by atoms with Crippen molar-refractivity contribution in [1.82, 2.24) is 9.97 Å². The summed E-state index contributed by atoms with van der Waals surface area (Å²) in [6.07, 6.45) is 0. The Morgan fingerprint density at radius 2 is 2.15 bits per heavy atom. The molecule has 0 bridgehead atoms. The van der Waals surface area contributed by atoms with Gasteiger partial charge in [-0.2, -0.15) is 5.26 Å². The number of H-pyrrole nitrogens is 2. The molecule has 0 unspecified atom stereocenters. The van der Waals surface area contributed by atoms with Gasteiger partial charge >= 0.3 is 5.69 Å². The molecule has 0 fully saturated rings. The number of fused-ring (bicyclic) bond motifs is 1. The summed E-state index contributed by atoms with van der Waals surface area (Å²) in [5, 5.41) is 8.66. The standard InChI is InChI=1S/C8H4BrN3O/c9-5-1-4(3-10)2-6-7(5)12-8(13)11-6/h1-2H,(H2,11,12,13). The van der Waals surface area contributed by atoms with Crippen molar-refractivity contribution in [2.45, 2.75) is 0 Å². The molecule has 0 amide bonds. The van der Waals surface area contributed by atoms with Crippen molar-refractivity contribution in [2.24, 2.45) is 0 Å². The summed E-state index contributed by atoms with van der Waals surface area (Å²) >= 11 is 3.26. The van der Waals surface area contributed by atoms with Gasteiger partial charge in [-0.15, -0.1) is 0 Å². The summed E-state index contributed by atoms with van der Waals surface area (Å²) in [6, 6.07) is 5.29. The molecule has 0 saturated heterocycles. The van der Waals surface area contributed by atoms with Crippen LogP contribution in [0.15, 0.2) is 21.4 Å². The van der Waals surface area contributed by atoms with Gasteiger partial charge in [0.05, 0.1) is 22.7 Å². The van der Waals surface area contributed by atoms with Crippen LogP contribution in [0, 0.1) is 11.3 Å². The fraction of sp³-hybridized carbons (Fsp3) is 0. The predicted molar refractivity (Wildman–Crippen MR) is 51.3 cm³/mol. The molecule has 5 heteroatoms. The first-order chi connectivity index (χ1) is 6.20. The second-order valence-corrected chi connectivity index (χ2v) is 3.43. The Balaban J connectivity index is 2.93. The Morgan fingerprint density at radius 1 is 1.38 bits per heavy atom. The van der Waals surface area contributed by atoms with Crippen LogP contribution in [0.4, 0.5) is 0 Å². The van der Waals surface area contributed by atoms with Crippen LogP contribution in [0.1, 0.15) is 5.56 Å². The minimum absolute atomic E-state index is 0.272. The van der Waals surface area contributed by atoms with E-state index in [-0.39, 0.29) is 5.69 Å². The second-order valence-electron chi connectivity index (χ2n) is 2.57. The van der Waals surface area contributed by atoms with Crippen LogP contribution in [0.25, 0.3) is 11.0 Å². The van der Waals surface area contributed by atoms with E-state index in [1.165, 1.54) is 0 Å². The molecule has 2 N–H and O–H groups in total. The maximum absolute atomic E-state index is 10.9. The molecule has 1 heterocycles. The maximum Gasteiger partial charge on any atom is 0.323 e. The van der Waals surface area contributed by atoms with Gasteiger partial charge in [-0.05, 0) is 28.1 Å². The third kappa shape index (κ3) is 1.25. The smallest absolute Gasteiger partial charge is 0.306 e. The molecule has 4 nitrogen and oxygen atoms in total. The van der Waals surface area contributed by atoms with Gasteiger partial charge in [0.1, 0.15) is 0 Å². The molecule has 2 aromatic rings. The average Bonchev–Trinajstić information content (AvgIpc) is 2.46. The van der Waals surface area contributed by atoms with E-state index in [4.69, 9.17) is 5.26 Å². The van der Waals surface area contributed by atoms with Gasteiger partial charge in [-0.25, -0.2) is 4.79 Å². The van der Waals surface area contributed by atoms with Crippen molar-refractivity contribution in [3.05, 3.63) is 32.7 Å². The highest BCUT2D eigenvalue weighted by Crippen LogP contribution is 2.21. The summed E-state index contributed by atoms with van der Waals surface area (Å²) in [5.41, 5.74) is 1.56. The number of nitrogens with one attached hydrogen (secondary N) is 2. The van der Waals surface area contributed by atoms with E-state index < -0.39 is 0 Å². The lowest BCUT2D eigenvalue weighted by atomic mass is 10.2. The lowest BCUT2D eigenvalue weighted by molar-refractivity contribution is 1.21. The van der Waals surface area contributed by atoms with Gasteiger partial charge < -0.3 is 9.97 Å². The first-order valence-electron chi connectivity index (χ1n) is 3.52. The highest BCUT2D eigenvalue weighted by atomic mass is 79.9. The molecule has 0 aliphatic rings. The van der Waals surface area contributed by atoms with Crippen molar-refractivity contribution in [2.75, 3.05) is 0 Å². The summed E-state index contributed by atoms with van der Waals surface area (Å²) in [4.78, 5) is 16.1.